The number of ether oxygens (including phenoxy) is 1. The molecule has 4 heteroatoms. The fourth-order valence-corrected chi connectivity index (χ4v) is 1.59. The Balaban J connectivity index is 2.48. The lowest BCUT2D eigenvalue weighted by atomic mass is 10.2. The van der Waals surface area contributed by atoms with Crippen LogP contribution in [-0.4, -0.2) is 6.09 Å². The Morgan fingerprint density at radius 2 is 2.33 bits per heavy atom. The maximum Gasteiger partial charge on any atom is 0.412 e. The number of carbonyl (C=O) groups excluding carboxylic acids is 1. The Morgan fingerprint density at radius 3 is 3.17 bits per heavy atom. The molecule has 1 N–H and O–H groups in total. The average Bonchev–Trinajstić information content (AvgIpc) is 2.04. The lowest BCUT2D eigenvalue weighted by Crippen LogP contribution is -2.31. The van der Waals surface area contributed by atoms with Gasteiger partial charge in [-0.25, -0.2) is 4.79 Å². The molecule has 0 saturated carbocycles. The van der Waals surface area contributed by atoms with E-state index in [9.17, 15) is 4.79 Å². The van der Waals surface area contributed by atoms with Gasteiger partial charge < -0.3 is 10.1 Å². The highest BCUT2D eigenvalue weighted by Gasteiger charge is 2.17. The van der Waals surface area contributed by atoms with Crippen LogP contribution in [0.3, 0.4) is 0 Å². The van der Waals surface area contributed by atoms with Gasteiger partial charge in [0.05, 0.1) is 6.54 Å². The van der Waals surface area contributed by atoms with Gasteiger partial charge in [-0.2, -0.15) is 0 Å². The second-order valence-electron chi connectivity index (χ2n) is 2.46. The zero-order valence-electron chi connectivity index (χ0n) is 6.13. The monoisotopic (exact) mass is 227 g/mol. The number of nitrogens with one attached hydrogen (secondary N) is 1. The Kier molecular flexibility index (Phi) is 1.77. The largest absolute Gasteiger partial charge is 0.412 e. The highest BCUT2D eigenvalue weighted by Crippen LogP contribution is 2.28. The minimum atomic E-state index is -0.388. The molecule has 0 atom stereocenters. The molecule has 1 aromatic rings. The van der Waals surface area contributed by atoms with Crippen molar-refractivity contribution in [1.29, 1.82) is 0 Å². The average molecular weight is 228 g/mol. The summed E-state index contributed by atoms with van der Waals surface area (Å²) >= 11 is 3.37. The van der Waals surface area contributed by atoms with E-state index in [4.69, 9.17) is 4.74 Å². The molecule has 0 saturated heterocycles. The predicted octanol–water partition coefficient (Wildman–Crippen LogP) is 2.05. The molecular formula is C8H6BrNO2. The Labute approximate surface area is 77.8 Å². The van der Waals surface area contributed by atoms with Gasteiger partial charge in [0.15, 0.2) is 0 Å². The number of amides is 1. The number of carbonyl (C=O) groups is 1. The van der Waals surface area contributed by atoms with Crippen molar-refractivity contribution in [2.24, 2.45) is 0 Å². The molecule has 0 aliphatic carbocycles. The van der Waals surface area contributed by atoms with Crippen molar-refractivity contribution in [1.82, 2.24) is 5.32 Å². The topological polar surface area (TPSA) is 38.3 Å². The van der Waals surface area contributed by atoms with Gasteiger partial charge in [0, 0.05) is 10.0 Å². The molecule has 1 aliphatic rings. The highest BCUT2D eigenvalue weighted by molar-refractivity contribution is 9.10. The van der Waals surface area contributed by atoms with E-state index < -0.39 is 0 Å². The quantitative estimate of drug-likeness (QED) is 0.737. The number of rotatable bonds is 0. The molecule has 1 amide bonds. The molecule has 2 rings (SSSR count). The van der Waals surface area contributed by atoms with Crippen molar-refractivity contribution in [2.75, 3.05) is 0 Å². The second kappa shape index (κ2) is 2.79. The molecule has 0 fully saturated rings. The Morgan fingerprint density at radius 1 is 1.50 bits per heavy atom. The third-order valence-electron chi connectivity index (χ3n) is 1.69. The maximum atomic E-state index is 10.8. The first kappa shape index (κ1) is 7.61. The van der Waals surface area contributed by atoms with Gasteiger partial charge in [0.1, 0.15) is 5.75 Å². The number of hydrogen-bond acceptors (Lipinski definition) is 2. The number of hydrogen-bond donors (Lipinski definition) is 1. The maximum absolute atomic E-state index is 10.8. The van der Waals surface area contributed by atoms with Crippen molar-refractivity contribution >= 4 is 22.0 Å². The number of fused-ring (bicyclic) bond motifs is 1. The van der Waals surface area contributed by atoms with Gasteiger partial charge >= 0.3 is 6.09 Å². The molecule has 0 aromatic heterocycles. The van der Waals surface area contributed by atoms with E-state index in [1.54, 1.807) is 6.07 Å². The number of benzene rings is 1. The van der Waals surface area contributed by atoms with Crippen LogP contribution in [0, 0.1) is 0 Å². The highest BCUT2D eigenvalue weighted by atomic mass is 79.9. The van der Waals surface area contributed by atoms with Crippen molar-refractivity contribution in [3.05, 3.63) is 28.2 Å². The minimum absolute atomic E-state index is 0.388. The molecule has 0 spiro atoms. The van der Waals surface area contributed by atoms with E-state index in [1.165, 1.54) is 0 Å². The molecule has 1 heterocycles. The second-order valence-corrected chi connectivity index (χ2v) is 3.31. The summed E-state index contributed by atoms with van der Waals surface area (Å²) in [6.45, 7) is 0.523. The Bertz CT molecular complexity index is 338. The van der Waals surface area contributed by atoms with Crippen molar-refractivity contribution < 1.29 is 9.53 Å². The first-order valence-corrected chi connectivity index (χ1v) is 4.30. The third kappa shape index (κ3) is 1.18. The summed E-state index contributed by atoms with van der Waals surface area (Å²) in [6, 6.07) is 5.53. The first-order chi connectivity index (χ1) is 5.77. The van der Waals surface area contributed by atoms with E-state index in [0.29, 0.717) is 12.3 Å². The summed E-state index contributed by atoms with van der Waals surface area (Å²) < 4.78 is 5.89. The summed E-state index contributed by atoms with van der Waals surface area (Å²) in [5.74, 6) is 0.633. The molecule has 0 radical (unpaired) electrons. The molecule has 62 valence electrons. The summed E-state index contributed by atoms with van der Waals surface area (Å²) in [7, 11) is 0. The van der Waals surface area contributed by atoms with Crippen LogP contribution in [0.4, 0.5) is 4.79 Å². The van der Waals surface area contributed by atoms with Crippen molar-refractivity contribution in [2.45, 2.75) is 6.54 Å². The fraction of sp³-hybridized carbons (Fsp3) is 0.125. The van der Waals surface area contributed by atoms with Crippen molar-refractivity contribution in [3.8, 4) is 5.75 Å². The Hall–Kier alpha value is -1.03. The van der Waals surface area contributed by atoms with Gasteiger partial charge in [-0.15, -0.1) is 0 Å². The molecular weight excluding hydrogens is 222 g/mol. The summed E-state index contributed by atoms with van der Waals surface area (Å²) in [5, 5.41) is 2.59. The van der Waals surface area contributed by atoms with E-state index in [2.05, 4.69) is 21.2 Å². The zero-order chi connectivity index (χ0) is 8.55. The minimum Gasteiger partial charge on any atom is -0.410 e. The standard InChI is InChI=1S/C8H6BrNO2/c9-6-2-1-3-7-5(6)4-10-8(11)12-7/h1-3H,4H2,(H,10,11). The van der Waals surface area contributed by atoms with Crippen LogP contribution in [-0.2, 0) is 6.54 Å². The lowest BCUT2D eigenvalue weighted by molar-refractivity contribution is 0.194. The van der Waals surface area contributed by atoms with Crippen LogP contribution < -0.4 is 10.1 Å². The van der Waals surface area contributed by atoms with E-state index in [1.807, 2.05) is 12.1 Å². The van der Waals surface area contributed by atoms with Gasteiger partial charge in [-0.05, 0) is 12.1 Å². The summed E-state index contributed by atoms with van der Waals surface area (Å²) in [5.41, 5.74) is 0.983. The smallest absolute Gasteiger partial charge is 0.410 e. The van der Waals surface area contributed by atoms with Gasteiger partial charge in [-0.1, -0.05) is 22.0 Å². The van der Waals surface area contributed by atoms with Crippen LogP contribution >= 0.6 is 15.9 Å². The van der Waals surface area contributed by atoms with Crippen LogP contribution in [0.15, 0.2) is 22.7 Å². The predicted molar refractivity (Wildman–Crippen MR) is 47.0 cm³/mol. The van der Waals surface area contributed by atoms with Crippen LogP contribution in [0.1, 0.15) is 5.56 Å². The summed E-state index contributed by atoms with van der Waals surface area (Å²) in [4.78, 5) is 10.8. The van der Waals surface area contributed by atoms with E-state index in [-0.39, 0.29) is 6.09 Å². The molecule has 0 unspecified atom stereocenters. The zero-order valence-corrected chi connectivity index (χ0v) is 7.72. The molecule has 0 bridgehead atoms. The van der Waals surface area contributed by atoms with Crippen LogP contribution in [0.2, 0.25) is 0 Å². The van der Waals surface area contributed by atoms with Crippen molar-refractivity contribution in [3.63, 3.8) is 0 Å². The van der Waals surface area contributed by atoms with Gasteiger partial charge in [-0.3, -0.25) is 0 Å². The first-order valence-electron chi connectivity index (χ1n) is 3.50. The van der Waals surface area contributed by atoms with Crippen LogP contribution in [0.5, 0.6) is 5.75 Å². The molecule has 3 nitrogen and oxygen atoms in total. The van der Waals surface area contributed by atoms with Gasteiger partial charge in [0.25, 0.3) is 0 Å². The SMILES string of the molecule is O=C1NCc2c(Br)cccc2O1. The van der Waals surface area contributed by atoms with E-state index >= 15 is 0 Å². The fourth-order valence-electron chi connectivity index (χ4n) is 1.10. The van der Waals surface area contributed by atoms with E-state index in [0.717, 1.165) is 10.0 Å². The van der Waals surface area contributed by atoms with Crippen LogP contribution in [0.25, 0.3) is 0 Å². The number of halogens is 1. The molecule has 12 heavy (non-hydrogen) atoms. The normalized spacial score (nSPS) is 14.6. The third-order valence-corrected chi connectivity index (χ3v) is 2.43. The lowest BCUT2D eigenvalue weighted by Gasteiger charge is -2.17. The summed E-state index contributed by atoms with van der Waals surface area (Å²) in [6.07, 6.45) is -0.388. The molecule has 1 aliphatic heterocycles. The van der Waals surface area contributed by atoms with Gasteiger partial charge in [0.2, 0.25) is 0 Å². The molecule has 1 aromatic carbocycles.